The summed E-state index contributed by atoms with van der Waals surface area (Å²) < 4.78 is 0. The van der Waals surface area contributed by atoms with Gasteiger partial charge in [-0.1, -0.05) is 68.3 Å². The largest absolute Gasteiger partial charge is 1.00 e. The monoisotopic (exact) mass is 352 g/mol. The Bertz CT molecular complexity index is 538. The molecular formula is C21H29NaO3. The van der Waals surface area contributed by atoms with Crippen molar-refractivity contribution in [2.45, 2.75) is 64.4 Å². The molecule has 0 heterocycles. The van der Waals surface area contributed by atoms with Crippen molar-refractivity contribution in [1.29, 1.82) is 0 Å². The molecule has 1 N–H and O–H groups in total. The van der Waals surface area contributed by atoms with Crippen LogP contribution >= 0.6 is 0 Å². The number of carboxylic acids is 1. The van der Waals surface area contributed by atoms with E-state index in [2.05, 4.69) is 19.1 Å². The Kier molecular flexibility index (Phi) is 14.9. The molecule has 1 unspecified atom stereocenters. The van der Waals surface area contributed by atoms with E-state index in [1.807, 2.05) is 36.4 Å². The minimum absolute atomic E-state index is 0. The molecule has 0 radical (unpaired) electrons. The Morgan fingerprint density at radius 3 is 2.56 bits per heavy atom. The number of carboxylic acid groups (broad SMARTS) is 1. The van der Waals surface area contributed by atoms with Crippen LogP contribution in [-0.4, -0.2) is 11.1 Å². The Hall–Kier alpha value is -0.870. The molecule has 0 aliphatic heterocycles. The third-order valence-electron chi connectivity index (χ3n) is 3.90. The fourth-order valence-corrected chi connectivity index (χ4v) is 2.52. The van der Waals surface area contributed by atoms with Crippen LogP contribution in [0.1, 0.15) is 75.5 Å². The second kappa shape index (κ2) is 15.4. The van der Waals surface area contributed by atoms with Crippen molar-refractivity contribution in [1.82, 2.24) is 0 Å². The summed E-state index contributed by atoms with van der Waals surface area (Å²) in [5.41, 5.74) is 1.89. The Balaban J connectivity index is 0.00000576. The molecule has 0 bridgehead atoms. The van der Waals surface area contributed by atoms with Gasteiger partial charge in [-0.25, -0.2) is 0 Å². The van der Waals surface area contributed by atoms with Gasteiger partial charge in [-0.2, -0.15) is 0 Å². The van der Waals surface area contributed by atoms with Crippen molar-refractivity contribution in [3.05, 3.63) is 53.6 Å². The average molecular weight is 352 g/mol. The fraction of sp³-hybridized carbons (Fsp3) is 0.476. The Labute approximate surface area is 174 Å². The van der Waals surface area contributed by atoms with Crippen LogP contribution in [0.25, 0.3) is 6.08 Å². The molecule has 0 aliphatic rings. The number of aliphatic hydroxyl groups is 1. The molecule has 0 saturated carbocycles. The molecule has 132 valence electrons. The number of rotatable bonds is 12. The van der Waals surface area contributed by atoms with Crippen LogP contribution in [0.4, 0.5) is 0 Å². The molecule has 4 heteroatoms. The van der Waals surface area contributed by atoms with Gasteiger partial charge in [0.2, 0.25) is 0 Å². The van der Waals surface area contributed by atoms with Crippen molar-refractivity contribution in [3.8, 4) is 0 Å². The molecule has 0 fully saturated rings. The maximum absolute atomic E-state index is 10.4. The molecule has 0 aromatic heterocycles. The minimum atomic E-state index is -1.01. The normalized spacial score (nSPS) is 12.4. The van der Waals surface area contributed by atoms with Gasteiger partial charge in [0.15, 0.2) is 0 Å². The molecule has 1 aromatic carbocycles. The summed E-state index contributed by atoms with van der Waals surface area (Å²) in [6, 6.07) is 7.78. The first-order chi connectivity index (χ1) is 11.6. The van der Waals surface area contributed by atoms with Gasteiger partial charge in [0.25, 0.3) is 0 Å². The summed E-state index contributed by atoms with van der Waals surface area (Å²) in [7, 11) is 0. The third kappa shape index (κ3) is 11.4. The number of aliphatic carboxylic acids is 1. The first-order valence-corrected chi connectivity index (χ1v) is 8.93. The molecule has 3 nitrogen and oxygen atoms in total. The van der Waals surface area contributed by atoms with Crippen molar-refractivity contribution in [3.63, 3.8) is 0 Å². The Morgan fingerprint density at radius 1 is 1.12 bits per heavy atom. The second-order valence-corrected chi connectivity index (χ2v) is 6.01. The fourth-order valence-electron chi connectivity index (χ4n) is 2.52. The van der Waals surface area contributed by atoms with Crippen molar-refractivity contribution in [2.24, 2.45) is 0 Å². The van der Waals surface area contributed by atoms with Crippen molar-refractivity contribution >= 4 is 12.0 Å². The number of hydrogen-bond acceptors (Lipinski definition) is 3. The average Bonchev–Trinajstić information content (AvgIpc) is 2.57. The number of allylic oxidation sites excluding steroid dienone is 2. The van der Waals surface area contributed by atoms with Crippen molar-refractivity contribution in [2.75, 3.05) is 0 Å². The summed E-state index contributed by atoms with van der Waals surface area (Å²) in [6.45, 7) is 2.19. The predicted octanol–water partition coefficient (Wildman–Crippen LogP) is 1.18. The summed E-state index contributed by atoms with van der Waals surface area (Å²) >= 11 is 0. The molecule has 0 amide bonds. The maximum atomic E-state index is 10.4. The molecule has 25 heavy (non-hydrogen) atoms. The van der Waals surface area contributed by atoms with Gasteiger partial charge >= 0.3 is 29.6 Å². The van der Waals surface area contributed by atoms with Crippen LogP contribution in [0.15, 0.2) is 42.5 Å². The van der Waals surface area contributed by atoms with Gasteiger partial charge in [-0.3, -0.25) is 0 Å². The second-order valence-electron chi connectivity index (χ2n) is 6.01. The van der Waals surface area contributed by atoms with E-state index in [0.717, 1.165) is 17.5 Å². The Morgan fingerprint density at radius 2 is 1.84 bits per heavy atom. The molecule has 1 atom stereocenters. The van der Waals surface area contributed by atoms with E-state index in [1.165, 1.54) is 19.3 Å². The van der Waals surface area contributed by atoms with Crippen molar-refractivity contribution < 1.29 is 44.6 Å². The molecule has 1 rings (SSSR count). The van der Waals surface area contributed by atoms with Crippen LogP contribution in [0.5, 0.6) is 0 Å². The topological polar surface area (TPSA) is 60.4 Å². The molecule has 1 aromatic rings. The van der Waals surface area contributed by atoms with E-state index < -0.39 is 12.1 Å². The van der Waals surface area contributed by atoms with Gasteiger partial charge < -0.3 is 15.0 Å². The van der Waals surface area contributed by atoms with E-state index in [4.69, 9.17) is 0 Å². The zero-order valence-electron chi connectivity index (χ0n) is 15.6. The predicted molar refractivity (Wildman–Crippen MR) is 97.2 cm³/mol. The van der Waals surface area contributed by atoms with E-state index in [1.54, 1.807) is 0 Å². The van der Waals surface area contributed by atoms with Crippen LogP contribution in [0.2, 0.25) is 0 Å². The van der Waals surface area contributed by atoms with Crippen LogP contribution in [0, 0.1) is 0 Å². The standard InChI is InChI=1S/C21H30O3.Na/c1-2-3-4-5-6-9-16-20(22)19-15-12-11-14-18(19)13-8-7-10-17-21(23)24;/h6,8-9,11-15,20,22H,2-5,7,10,16-17H2,1H3,(H,23,24);/q;+1/p-1/b9-6-,13-8-;. The van der Waals surface area contributed by atoms with E-state index in [-0.39, 0.29) is 36.0 Å². The number of aliphatic hydroxyl groups excluding tert-OH is 1. The minimum Gasteiger partial charge on any atom is -0.550 e. The zero-order chi connectivity index (χ0) is 17.6. The molecule has 0 aliphatic carbocycles. The van der Waals surface area contributed by atoms with Gasteiger partial charge in [0, 0.05) is 5.97 Å². The third-order valence-corrected chi connectivity index (χ3v) is 3.90. The smallest absolute Gasteiger partial charge is 0.550 e. The number of carbonyl (C=O) groups excluding carboxylic acids is 1. The number of carbonyl (C=O) groups is 1. The van der Waals surface area contributed by atoms with Gasteiger partial charge in [-0.05, 0) is 49.7 Å². The van der Waals surface area contributed by atoms with E-state index in [9.17, 15) is 15.0 Å². The summed E-state index contributed by atoms with van der Waals surface area (Å²) in [6.07, 6.45) is 14.3. The number of benzene rings is 1. The molecule has 0 saturated heterocycles. The van der Waals surface area contributed by atoms with E-state index >= 15 is 0 Å². The summed E-state index contributed by atoms with van der Waals surface area (Å²) in [4.78, 5) is 10.4. The first kappa shape index (κ1) is 24.1. The first-order valence-electron chi connectivity index (χ1n) is 8.93. The summed E-state index contributed by atoms with van der Waals surface area (Å²) in [5, 5.41) is 20.8. The van der Waals surface area contributed by atoms with Crippen LogP contribution < -0.4 is 34.7 Å². The zero-order valence-corrected chi connectivity index (χ0v) is 17.6. The SMILES string of the molecule is CCCCC/C=C\CC(O)c1ccccc1/C=C\CCCC(=O)[O-].[Na+]. The quantitative estimate of drug-likeness (QED) is 0.349. The molecular weight excluding hydrogens is 323 g/mol. The molecule has 0 spiro atoms. The van der Waals surface area contributed by atoms with E-state index in [0.29, 0.717) is 19.3 Å². The number of hydrogen-bond donors (Lipinski definition) is 1. The van der Waals surface area contributed by atoms with Crippen LogP contribution in [-0.2, 0) is 4.79 Å². The van der Waals surface area contributed by atoms with Gasteiger partial charge in [-0.15, -0.1) is 0 Å². The van der Waals surface area contributed by atoms with Crippen LogP contribution in [0.3, 0.4) is 0 Å². The van der Waals surface area contributed by atoms with Gasteiger partial charge in [0.1, 0.15) is 0 Å². The summed E-state index contributed by atoms with van der Waals surface area (Å²) in [5.74, 6) is -1.01. The number of unbranched alkanes of at least 4 members (excludes halogenated alkanes) is 4. The van der Waals surface area contributed by atoms with Gasteiger partial charge in [0.05, 0.1) is 6.10 Å². The maximum Gasteiger partial charge on any atom is 1.00 e.